The van der Waals surface area contributed by atoms with Gasteiger partial charge in [-0.25, -0.2) is 4.79 Å². The van der Waals surface area contributed by atoms with Crippen LogP contribution in [0.4, 0.5) is 0 Å². The normalized spacial score (nSPS) is 41.6. The number of carboxylic acids is 1. The standard InChI is InChI=1S/C17H26O2/c1-11(15(18)19)7-16(2,3)17-8-12-4-13(9-17)6-14(5-12)10-17/h7,12-14H,4-6,8-10H2,1-3H3,(H,18,19). The molecular weight excluding hydrogens is 236 g/mol. The maximum absolute atomic E-state index is 11.1. The molecule has 4 bridgehead atoms. The summed E-state index contributed by atoms with van der Waals surface area (Å²) in [7, 11) is 0. The van der Waals surface area contributed by atoms with Crippen molar-refractivity contribution in [2.75, 3.05) is 0 Å². The summed E-state index contributed by atoms with van der Waals surface area (Å²) in [6, 6.07) is 0. The largest absolute Gasteiger partial charge is 0.478 e. The molecule has 4 fully saturated rings. The molecule has 0 aromatic rings. The summed E-state index contributed by atoms with van der Waals surface area (Å²) < 4.78 is 0. The van der Waals surface area contributed by atoms with Crippen molar-refractivity contribution in [1.82, 2.24) is 0 Å². The van der Waals surface area contributed by atoms with Gasteiger partial charge in [-0.05, 0) is 74.0 Å². The fourth-order valence-corrected chi connectivity index (χ4v) is 5.66. The van der Waals surface area contributed by atoms with E-state index in [0.29, 0.717) is 11.0 Å². The molecular formula is C17H26O2. The summed E-state index contributed by atoms with van der Waals surface area (Å²) in [5.41, 5.74) is 0.907. The summed E-state index contributed by atoms with van der Waals surface area (Å²) in [5.74, 6) is 2.00. The fourth-order valence-electron chi connectivity index (χ4n) is 5.66. The van der Waals surface area contributed by atoms with Gasteiger partial charge in [-0.1, -0.05) is 19.9 Å². The molecule has 0 saturated heterocycles. The maximum Gasteiger partial charge on any atom is 0.330 e. The third-order valence-electron chi connectivity index (χ3n) is 6.32. The lowest BCUT2D eigenvalue weighted by Crippen LogP contribution is -2.52. The SMILES string of the molecule is CC(=CC(C)(C)C12CC3CC(CC(C3)C1)C2)C(=O)O. The van der Waals surface area contributed by atoms with Gasteiger partial charge in [-0.3, -0.25) is 0 Å². The van der Waals surface area contributed by atoms with Crippen LogP contribution in [0, 0.1) is 28.6 Å². The van der Waals surface area contributed by atoms with E-state index >= 15 is 0 Å². The first-order valence-electron chi connectivity index (χ1n) is 7.74. The molecule has 2 heteroatoms. The summed E-state index contributed by atoms with van der Waals surface area (Å²) in [6.07, 6.45) is 10.4. The fraction of sp³-hybridized carbons (Fsp3) is 0.824. The third kappa shape index (κ3) is 2.04. The van der Waals surface area contributed by atoms with Gasteiger partial charge in [0.05, 0.1) is 0 Å². The highest BCUT2D eigenvalue weighted by atomic mass is 16.4. The van der Waals surface area contributed by atoms with Crippen LogP contribution >= 0.6 is 0 Å². The molecule has 0 aromatic carbocycles. The number of aliphatic carboxylic acids is 1. The predicted molar refractivity (Wildman–Crippen MR) is 75.8 cm³/mol. The predicted octanol–water partition coefficient (Wildman–Crippen LogP) is 4.26. The van der Waals surface area contributed by atoms with E-state index in [-0.39, 0.29) is 5.41 Å². The van der Waals surface area contributed by atoms with E-state index < -0.39 is 5.97 Å². The van der Waals surface area contributed by atoms with Crippen LogP contribution < -0.4 is 0 Å². The zero-order valence-electron chi connectivity index (χ0n) is 12.4. The van der Waals surface area contributed by atoms with Crippen molar-refractivity contribution in [1.29, 1.82) is 0 Å². The Kier molecular flexibility index (Phi) is 2.85. The van der Waals surface area contributed by atoms with E-state index in [1.54, 1.807) is 6.92 Å². The van der Waals surface area contributed by atoms with Crippen molar-refractivity contribution in [3.05, 3.63) is 11.6 Å². The van der Waals surface area contributed by atoms with Crippen LogP contribution in [0.3, 0.4) is 0 Å². The van der Waals surface area contributed by atoms with Crippen molar-refractivity contribution in [3.8, 4) is 0 Å². The van der Waals surface area contributed by atoms with Crippen molar-refractivity contribution >= 4 is 5.97 Å². The van der Waals surface area contributed by atoms with Crippen molar-refractivity contribution in [2.45, 2.75) is 59.3 Å². The molecule has 4 saturated carbocycles. The van der Waals surface area contributed by atoms with Crippen LogP contribution in [0.25, 0.3) is 0 Å². The van der Waals surface area contributed by atoms with Gasteiger partial charge in [0.25, 0.3) is 0 Å². The van der Waals surface area contributed by atoms with Crippen LogP contribution in [0.15, 0.2) is 11.6 Å². The van der Waals surface area contributed by atoms with Crippen LogP contribution in [-0.2, 0) is 4.79 Å². The molecule has 1 N–H and O–H groups in total. The van der Waals surface area contributed by atoms with Crippen LogP contribution in [0.2, 0.25) is 0 Å². The number of hydrogen-bond donors (Lipinski definition) is 1. The molecule has 19 heavy (non-hydrogen) atoms. The van der Waals surface area contributed by atoms with Gasteiger partial charge in [0.15, 0.2) is 0 Å². The Morgan fingerprint density at radius 1 is 1.11 bits per heavy atom. The van der Waals surface area contributed by atoms with Gasteiger partial charge in [-0.2, -0.15) is 0 Å². The van der Waals surface area contributed by atoms with E-state index in [0.717, 1.165) is 17.8 Å². The van der Waals surface area contributed by atoms with Gasteiger partial charge >= 0.3 is 5.97 Å². The lowest BCUT2D eigenvalue weighted by molar-refractivity contribution is -0.133. The van der Waals surface area contributed by atoms with Crippen LogP contribution in [0.1, 0.15) is 59.3 Å². The molecule has 0 radical (unpaired) electrons. The summed E-state index contributed by atoms with van der Waals surface area (Å²) in [4.78, 5) is 11.1. The van der Waals surface area contributed by atoms with E-state index in [4.69, 9.17) is 5.11 Å². The molecule has 0 unspecified atom stereocenters. The third-order valence-corrected chi connectivity index (χ3v) is 6.32. The molecule has 0 atom stereocenters. The molecule has 4 aliphatic rings. The average Bonchev–Trinajstić information content (AvgIpc) is 2.25. The molecule has 0 amide bonds. The van der Waals surface area contributed by atoms with Crippen LogP contribution in [-0.4, -0.2) is 11.1 Å². The first-order valence-corrected chi connectivity index (χ1v) is 7.74. The van der Waals surface area contributed by atoms with Crippen molar-refractivity contribution in [3.63, 3.8) is 0 Å². The quantitative estimate of drug-likeness (QED) is 0.772. The Balaban J connectivity index is 1.92. The zero-order valence-corrected chi connectivity index (χ0v) is 12.4. The summed E-state index contributed by atoms with van der Waals surface area (Å²) in [5, 5.41) is 9.16. The van der Waals surface area contributed by atoms with Gasteiger partial charge < -0.3 is 5.11 Å². The number of carbonyl (C=O) groups is 1. The summed E-state index contributed by atoms with van der Waals surface area (Å²) in [6.45, 7) is 6.28. The van der Waals surface area contributed by atoms with E-state index in [1.807, 2.05) is 6.08 Å². The second kappa shape index (κ2) is 4.10. The summed E-state index contributed by atoms with van der Waals surface area (Å²) >= 11 is 0. The molecule has 106 valence electrons. The monoisotopic (exact) mass is 262 g/mol. The topological polar surface area (TPSA) is 37.3 Å². The first-order chi connectivity index (χ1) is 8.81. The molecule has 0 aromatic heterocycles. The average molecular weight is 262 g/mol. The van der Waals surface area contributed by atoms with Gasteiger partial charge in [0.2, 0.25) is 0 Å². The Bertz CT molecular complexity index is 395. The zero-order chi connectivity index (χ0) is 13.8. The molecule has 4 aliphatic carbocycles. The van der Waals surface area contributed by atoms with E-state index in [9.17, 15) is 4.79 Å². The number of hydrogen-bond acceptors (Lipinski definition) is 1. The minimum absolute atomic E-state index is 0.0193. The number of allylic oxidation sites excluding steroid dienone is 1. The van der Waals surface area contributed by atoms with Gasteiger partial charge in [0.1, 0.15) is 0 Å². The van der Waals surface area contributed by atoms with Crippen molar-refractivity contribution < 1.29 is 9.90 Å². The number of carboxylic acid groups (broad SMARTS) is 1. The highest BCUT2D eigenvalue weighted by Crippen LogP contribution is 2.66. The molecule has 0 aliphatic heterocycles. The smallest absolute Gasteiger partial charge is 0.330 e. The van der Waals surface area contributed by atoms with Crippen LogP contribution in [0.5, 0.6) is 0 Å². The van der Waals surface area contributed by atoms with Crippen molar-refractivity contribution in [2.24, 2.45) is 28.6 Å². The van der Waals surface area contributed by atoms with E-state index in [1.165, 1.54) is 38.5 Å². The lowest BCUT2D eigenvalue weighted by atomic mass is 9.43. The second-order valence-corrected chi connectivity index (χ2v) is 8.05. The Hall–Kier alpha value is -0.790. The highest BCUT2D eigenvalue weighted by molar-refractivity contribution is 5.85. The second-order valence-electron chi connectivity index (χ2n) is 8.05. The maximum atomic E-state index is 11.1. The molecule has 2 nitrogen and oxygen atoms in total. The lowest BCUT2D eigenvalue weighted by Gasteiger charge is -2.62. The minimum Gasteiger partial charge on any atom is -0.478 e. The number of rotatable bonds is 3. The Labute approximate surface area is 116 Å². The Morgan fingerprint density at radius 2 is 1.53 bits per heavy atom. The van der Waals surface area contributed by atoms with Gasteiger partial charge in [0, 0.05) is 5.57 Å². The Morgan fingerprint density at radius 3 is 1.89 bits per heavy atom. The molecule has 4 rings (SSSR count). The first kappa shape index (κ1) is 13.2. The highest BCUT2D eigenvalue weighted by Gasteiger charge is 2.56. The minimum atomic E-state index is -0.766. The molecule has 0 spiro atoms. The van der Waals surface area contributed by atoms with E-state index in [2.05, 4.69) is 13.8 Å². The molecule has 0 heterocycles. The van der Waals surface area contributed by atoms with Gasteiger partial charge in [-0.15, -0.1) is 0 Å².